The van der Waals surface area contributed by atoms with Crippen LogP contribution in [0.25, 0.3) is 0 Å². The Bertz CT molecular complexity index is 426. The van der Waals surface area contributed by atoms with Gasteiger partial charge >= 0.3 is 0 Å². The Morgan fingerprint density at radius 3 is 2.79 bits per heavy atom. The summed E-state index contributed by atoms with van der Waals surface area (Å²) in [4.78, 5) is 11.0. The maximum Gasteiger partial charge on any atom is 0.204 e. The molecule has 0 amide bonds. The van der Waals surface area contributed by atoms with Gasteiger partial charge in [-0.3, -0.25) is 4.79 Å². The van der Waals surface area contributed by atoms with E-state index in [4.69, 9.17) is 11.0 Å². The first-order valence-corrected chi connectivity index (χ1v) is 4.31. The molecule has 0 spiro atoms. The number of hydrogen-bond donors (Lipinski definition) is 1. The maximum absolute atomic E-state index is 11.0. The summed E-state index contributed by atoms with van der Waals surface area (Å²) in [6.45, 7) is 4.19. The maximum atomic E-state index is 11.0. The molecule has 0 unspecified atom stereocenters. The number of anilines is 1. The third-order valence-corrected chi connectivity index (χ3v) is 1.89. The van der Waals surface area contributed by atoms with Crippen molar-refractivity contribution < 1.29 is 0 Å². The third-order valence-electron chi connectivity index (χ3n) is 1.89. The summed E-state index contributed by atoms with van der Waals surface area (Å²) in [5.74, 6) is 0. The van der Waals surface area contributed by atoms with Gasteiger partial charge in [-0.25, -0.2) is 0 Å². The molecule has 1 aromatic heterocycles. The fraction of sp³-hybridized carbons (Fsp3) is 0.400. The second-order valence-corrected chi connectivity index (χ2v) is 3.93. The van der Waals surface area contributed by atoms with Crippen molar-refractivity contribution in [1.29, 1.82) is 5.26 Å². The number of hydrogen-bond acceptors (Lipinski definition) is 3. The molecule has 1 rings (SSSR count). The van der Waals surface area contributed by atoms with Crippen LogP contribution in [0.1, 0.15) is 13.8 Å². The molecule has 0 saturated heterocycles. The smallest absolute Gasteiger partial charge is 0.204 e. The van der Waals surface area contributed by atoms with Crippen LogP contribution in [0.3, 0.4) is 0 Å². The summed E-state index contributed by atoms with van der Waals surface area (Å²) in [5.41, 5.74) is 5.03. The van der Waals surface area contributed by atoms with Crippen LogP contribution in [-0.2, 0) is 6.54 Å². The number of pyridine rings is 1. The van der Waals surface area contributed by atoms with E-state index in [0.29, 0.717) is 6.54 Å². The molecule has 0 aliphatic rings. The highest BCUT2D eigenvalue weighted by Gasteiger charge is 2.16. The normalized spacial score (nSPS) is 10.9. The Morgan fingerprint density at radius 1 is 1.64 bits per heavy atom. The summed E-state index contributed by atoms with van der Waals surface area (Å²) < 4.78 is 1.75. The highest BCUT2D eigenvalue weighted by molar-refractivity contribution is 5.33. The molecule has 0 aromatic carbocycles. The molecule has 0 fully saturated rings. The second-order valence-electron chi connectivity index (χ2n) is 3.93. The molecule has 1 aromatic rings. The summed E-state index contributed by atoms with van der Waals surface area (Å²) in [5, 5.41) is 8.82. The van der Waals surface area contributed by atoms with E-state index in [1.165, 1.54) is 6.07 Å². The van der Waals surface area contributed by atoms with Crippen molar-refractivity contribution in [1.82, 2.24) is 4.57 Å². The first-order chi connectivity index (χ1) is 6.44. The van der Waals surface area contributed by atoms with Gasteiger partial charge in [0.2, 0.25) is 5.43 Å². The number of nitrogen functional groups attached to an aromatic ring is 1. The number of nitrogens with zero attached hydrogens (tertiary/aromatic N) is 2. The minimum absolute atomic E-state index is 0.184. The van der Waals surface area contributed by atoms with E-state index < -0.39 is 5.41 Å². The molecular formula is C10H13N3O. The SMILES string of the molecule is CC(C)(C#N)Cn1ccc(=O)c(N)c1. The molecule has 2 N–H and O–H groups in total. The van der Waals surface area contributed by atoms with Gasteiger partial charge < -0.3 is 10.3 Å². The Morgan fingerprint density at radius 2 is 2.29 bits per heavy atom. The van der Waals surface area contributed by atoms with Crippen LogP contribution in [-0.4, -0.2) is 4.57 Å². The zero-order valence-corrected chi connectivity index (χ0v) is 8.32. The van der Waals surface area contributed by atoms with E-state index in [9.17, 15) is 4.79 Å². The molecule has 14 heavy (non-hydrogen) atoms. The van der Waals surface area contributed by atoms with E-state index in [1.807, 2.05) is 13.8 Å². The highest BCUT2D eigenvalue weighted by Crippen LogP contribution is 2.15. The Labute approximate surface area is 82.6 Å². The molecule has 4 nitrogen and oxygen atoms in total. The van der Waals surface area contributed by atoms with E-state index in [2.05, 4.69) is 6.07 Å². The average Bonchev–Trinajstić information content (AvgIpc) is 2.11. The largest absolute Gasteiger partial charge is 0.394 e. The Kier molecular flexibility index (Phi) is 2.61. The van der Waals surface area contributed by atoms with Crippen molar-refractivity contribution >= 4 is 5.69 Å². The summed E-state index contributed by atoms with van der Waals surface area (Å²) in [6.07, 6.45) is 3.19. The fourth-order valence-electron chi connectivity index (χ4n) is 1.14. The monoisotopic (exact) mass is 191 g/mol. The van der Waals surface area contributed by atoms with Crippen LogP contribution in [0.4, 0.5) is 5.69 Å². The molecule has 0 bridgehead atoms. The lowest BCUT2D eigenvalue weighted by atomic mass is 9.96. The molecule has 4 heteroatoms. The van der Waals surface area contributed by atoms with Gasteiger partial charge in [-0.15, -0.1) is 0 Å². The van der Waals surface area contributed by atoms with Crippen molar-refractivity contribution in [2.45, 2.75) is 20.4 Å². The molecule has 0 radical (unpaired) electrons. The molecule has 0 aliphatic carbocycles. The molecular weight excluding hydrogens is 178 g/mol. The van der Waals surface area contributed by atoms with Gasteiger partial charge in [-0.05, 0) is 13.8 Å². The summed E-state index contributed by atoms with van der Waals surface area (Å²) in [7, 11) is 0. The third kappa shape index (κ3) is 2.36. The van der Waals surface area contributed by atoms with Crippen molar-refractivity contribution in [3.8, 4) is 6.07 Å². The van der Waals surface area contributed by atoms with Crippen molar-refractivity contribution in [2.75, 3.05) is 5.73 Å². The Balaban J connectivity index is 2.96. The molecule has 0 aliphatic heterocycles. The van der Waals surface area contributed by atoms with Crippen LogP contribution >= 0.6 is 0 Å². The molecule has 1 heterocycles. The quantitative estimate of drug-likeness (QED) is 0.757. The van der Waals surface area contributed by atoms with Crippen LogP contribution in [0.5, 0.6) is 0 Å². The molecule has 0 saturated carbocycles. The zero-order valence-electron chi connectivity index (χ0n) is 8.32. The topological polar surface area (TPSA) is 71.8 Å². The lowest BCUT2D eigenvalue weighted by molar-refractivity contribution is 0.408. The van der Waals surface area contributed by atoms with Gasteiger partial charge in [0.15, 0.2) is 0 Å². The van der Waals surface area contributed by atoms with Gasteiger partial charge in [-0.1, -0.05) is 0 Å². The fourth-order valence-corrected chi connectivity index (χ4v) is 1.14. The highest BCUT2D eigenvalue weighted by atomic mass is 16.1. The van der Waals surface area contributed by atoms with Gasteiger partial charge in [-0.2, -0.15) is 5.26 Å². The lowest BCUT2D eigenvalue weighted by Gasteiger charge is -2.17. The minimum Gasteiger partial charge on any atom is -0.394 e. The van der Waals surface area contributed by atoms with Crippen molar-refractivity contribution in [3.05, 3.63) is 28.7 Å². The first-order valence-electron chi connectivity index (χ1n) is 4.31. The molecule has 74 valence electrons. The second kappa shape index (κ2) is 3.54. The first kappa shape index (κ1) is 10.3. The summed E-state index contributed by atoms with van der Waals surface area (Å²) in [6, 6.07) is 3.59. The van der Waals surface area contributed by atoms with E-state index in [0.717, 1.165) is 0 Å². The predicted molar refractivity (Wildman–Crippen MR) is 54.5 cm³/mol. The average molecular weight is 191 g/mol. The number of aromatic nitrogens is 1. The van der Waals surface area contributed by atoms with Crippen LogP contribution in [0, 0.1) is 16.7 Å². The van der Waals surface area contributed by atoms with Gasteiger partial charge in [0.05, 0.1) is 17.2 Å². The van der Waals surface area contributed by atoms with E-state index >= 15 is 0 Å². The van der Waals surface area contributed by atoms with Gasteiger partial charge in [0, 0.05) is 25.0 Å². The van der Waals surface area contributed by atoms with E-state index in [1.54, 1.807) is 17.0 Å². The lowest BCUT2D eigenvalue weighted by Crippen LogP contribution is -2.19. The number of rotatable bonds is 2. The number of nitriles is 1. The number of nitrogens with two attached hydrogens (primary N) is 1. The minimum atomic E-state index is -0.457. The standard InChI is InChI=1S/C10H13N3O/c1-10(2,6-11)7-13-4-3-9(14)8(12)5-13/h3-5H,7,12H2,1-2H3. The van der Waals surface area contributed by atoms with Gasteiger partial charge in [0.25, 0.3) is 0 Å². The van der Waals surface area contributed by atoms with Gasteiger partial charge in [0.1, 0.15) is 0 Å². The summed E-state index contributed by atoms with van der Waals surface area (Å²) >= 11 is 0. The predicted octanol–water partition coefficient (Wildman–Crippen LogP) is 0.980. The molecule has 0 atom stereocenters. The van der Waals surface area contributed by atoms with Crippen molar-refractivity contribution in [3.63, 3.8) is 0 Å². The van der Waals surface area contributed by atoms with Crippen LogP contribution in [0.15, 0.2) is 23.3 Å². The van der Waals surface area contributed by atoms with Crippen LogP contribution in [0.2, 0.25) is 0 Å². The van der Waals surface area contributed by atoms with Crippen molar-refractivity contribution in [2.24, 2.45) is 5.41 Å². The zero-order chi connectivity index (χ0) is 10.8. The van der Waals surface area contributed by atoms with Crippen LogP contribution < -0.4 is 11.2 Å². The Hall–Kier alpha value is -1.76. The van der Waals surface area contributed by atoms with E-state index in [-0.39, 0.29) is 11.1 Å².